The number of nitrogens with two attached hydrogens (primary N) is 1. The van der Waals surface area contributed by atoms with Crippen LogP contribution in [-0.2, 0) is 0 Å². The monoisotopic (exact) mass is 364 g/mol. The van der Waals surface area contributed by atoms with Gasteiger partial charge in [0.15, 0.2) is 0 Å². The summed E-state index contributed by atoms with van der Waals surface area (Å²) >= 11 is 9.59. The van der Waals surface area contributed by atoms with Gasteiger partial charge >= 0.3 is 0 Å². The smallest absolute Gasteiger partial charge is 0.0710 e. The molecule has 0 radical (unpaired) electrons. The molecule has 0 bridgehead atoms. The number of hydrogen-bond donors (Lipinski definition) is 2. The predicted molar refractivity (Wildman–Crippen MR) is 91.4 cm³/mol. The lowest BCUT2D eigenvalue weighted by molar-refractivity contribution is 0.419. The molecule has 1 aliphatic rings. The van der Waals surface area contributed by atoms with E-state index in [4.69, 9.17) is 17.4 Å². The molecule has 2 nitrogen and oxygen atoms in total. The molecular weight excluding hydrogens is 348 g/mol. The van der Waals surface area contributed by atoms with E-state index in [1.165, 1.54) is 24.8 Å². The Balaban J connectivity index is 1.86. The van der Waals surface area contributed by atoms with E-state index < -0.39 is 0 Å². The van der Waals surface area contributed by atoms with Gasteiger partial charge in [-0.05, 0) is 63.5 Å². The van der Waals surface area contributed by atoms with Crippen molar-refractivity contribution in [1.82, 2.24) is 5.43 Å². The number of rotatable bonds is 4. The van der Waals surface area contributed by atoms with Crippen LogP contribution in [0.15, 0.2) is 46.9 Å². The maximum atomic E-state index is 6.18. The quantitative estimate of drug-likeness (QED) is 0.596. The zero-order chi connectivity index (χ0) is 14.8. The van der Waals surface area contributed by atoms with Gasteiger partial charge in [0.25, 0.3) is 0 Å². The fourth-order valence-corrected chi connectivity index (χ4v) is 3.21. The molecule has 2 aromatic carbocycles. The summed E-state index contributed by atoms with van der Waals surface area (Å²) in [6.45, 7) is 0. The van der Waals surface area contributed by atoms with Crippen LogP contribution in [0, 0.1) is 0 Å². The first-order chi connectivity index (χ1) is 10.2. The van der Waals surface area contributed by atoms with Crippen molar-refractivity contribution in [2.75, 3.05) is 0 Å². The molecule has 2 aromatic rings. The second-order valence-electron chi connectivity index (χ2n) is 5.57. The third-order valence-electron chi connectivity index (χ3n) is 4.29. The Kier molecular flexibility index (Phi) is 4.65. The zero-order valence-electron chi connectivity index (χ0n) is 11.7. The number of benzene rings is 2. The van der Waals surface area contributed by atoms with E-state index in [0.717, 1.165) is 21.5 Å². The van der Waals surface area contributed by atoms with Gasteiger partial charge in [-0.3, -0.25) is 5.84 Å². The first-order valence-electron chi connectivity index (χ1n) is 7.20. The summed E-state index contributed by atoms with van der Waals surface area (Å²) in [5, 5.41) is 0.693. The minimum absolute atomic E-state index is 0.0500. The van der Waals surface area contributed by atoms with Gasteiger partial charge in [0, 0.05) is 4.47 Å². The molecule has 0 spiro atoms. The molecule has 110 valence electrons. The molecule has 1 atom stereocenters. The van der Waals surface area contributed by atoms with E-state index in [0.29, 0.717) is 5.02 Å². The van der Waals surface area contributed by atoms with E-state index >= 15 is 0 Å². The molecular formula is C17H18BrClN2. The predicted octanol–water partition coefficient (Wildman–Crippen LogP) is 4.92. The molecule has 0 aromatic heterocycles. The highest BCUT2D eigenvalue weighted by Crippen LogP contribution is 2.37. The number of hydrazine groups is 1. The highest BCUT2D eigenvalue weighted by molar-refractivity contribution is 9.10. The Morgan fingerprint density at radius 2 is 1.76 bits per heavy atom. The van der Waals surface area contributed by atoms with Crippen LogP contribution in [0.2, 0.25) is 5.02 Å². The van der Waals surface area contributed by atoms with Crippen molar-refractivity contribution < 1.29 is 0 Å². The van der Waals surface area contributed by atoms with Crippen LogP contribution in [0.5, 0.6) is 0 Å². The molecule has 21 heavy (non-hydrogen) atoms. The van der Waals surface area contributed by atoms with Crippen LogP contribution in [0.25, 0.3) is 0 Å². The average Bonchev–Trinajstić information content (AvgIpc) is 2.43. The zero-order valence-corrected chi connectivity index (χ0v) is 14.0. The maximum absolute atomic E-state index is 6.18. The SMILES string of the molecule is NNC(c1ccc(C2CCC2)cc1)c1ccc(Br)c(Cl)c1. The molecule has 1 unspecified atom stereocenters. The minimum atomic E-state index is -0.0500. The second kappa shape index (κ2) is 6.49. The Morgan fingerprint density at radius 1 is 1.10 bits per heavy atom. The summed E-state index contributed by atoms with van der Waals surface area (Å²) < 4.78 is 0.893. The normalized spacial score (nSPS) is 16.5. The van der Waals surface area contributed by atoms with Crippen LogP contribution in [0.1, 0.15) is 47.9 Å². The maximum Gasteiger partial charge on any atom is 0.0710 e. The molecule has 0 saturated heterocycles. The van der Waals surface area contributed by atoms with Crippen molar-refractivity contribution in [3.8, 4) is 0 Å². The third-order valence-corrected chi connectivity index (χ3v) is 5.52. The minimum Gasteiger partial charge on any atom is -0.271 e. The van der Waals surface area contributed by atoms with E-state index in [1.807, 2.05) is 18.2 Å². The lowest BCUT2D eigenvalue weighted by Gasteiger charge is -2.26. The number of nitrogens with one attached hydrogen (secondary N) is 1. The summed E-state index contributed by atoms with van der Waals surface area (Å²) in [5.41, 5.74) is 6.53. The molecule has 3 rings (SSSR count). The van der Waals surface area contributed by atoms with Gasteiger partial charge in [-0.15, -0.1) is 0 Å². The Labute approximate surface area is 138 Å². The third kappa shape index (κ3) is 3.16. The van der Waals surface area contributed by atoms with E-state index in [2.05, 4.69) is 45.6 Å². The molecule has 0 heterocycles. The fourth-order valence-electron chi connectivity index (χ4n) is 2.78. The lowest BCUT2D eigenvalue weighted by atomic mass is 9.79. The van der Waals surface area contributed by atoms with Crippen LogP contribution in [-0.4, -0.2) is 0 Å². The lowest BCUT2D eigenvalue weighted by Crippen LogP contribution is -2.28. The highest BCUT2D eigenvalue weighted by Gasteiger charge is 2.20. The average molecular weight is 366 g/mol. The van der Waals surface area contributed by atoms with Gasteiger partial charge in [0.05, 0.1) is 11.1 Å². The fraction of sp³-hybridized carbons (Fsp3) is 0.294. The van der Waals surface area contributed by atoms with Crippen LogP contribution >= 0.6 is 27.5 Å². The Bertz CT molecular complexity index is 623. The molecule has 4 heteroatoms. The van der Waals surface area contributed by atoms with Gasteiger partial charge in [0.2, 0.25) is 0 Å². The first kappa shape index (κ1) is 15.0. The molecule has 1 saturated carbocycles. The van der Waals surface area contributed by atoms with Crippen molar-refractivity contribution in [1.29, 1.82) is 0 Å². The van der Waals surface area contributed by atoms with Gasteiger partial charge in [-0.2, -0.15) is 0 Å². The van der Waals surface area contributed by atoms with E-state index in [9.17, 15) is 0 Å². The molecule has 3 N–H and O–H groups in total. The number of hydrogen-bond acceptors (Lipinski definition) is 2. The molecule has 0 amide bonds. The van der Waals surface area contributed by atoms with Gasteiger partial charge in [-0.1, -0.05) is 48.4 Å². The van der Waals surface area contributed by atoms with Crippen molar-refractivity contribution in [2.24, 2.45) is 5.84 Å². The topological polar surface area (TPSA) is 38.0 Å². The largest absolute Gasteiger partial charge is 0.271 e. The Hall–Kier alpha value is -0.870. The molecule has 1 fully saturated rings. The number of halogens is 2. The second-order valence-corrected chi connectivity index (χ2v) is 6.83. The molecule has 1 aliphatic carbocycles. The summed E-state index contributed by atoms with van der Waals surface area (Å²) in [5.74, 6) is 6.51. The highest BCUT2D eigenvalue weighted by atomic mass is 79.9. The van der Waals surface area contributed by atoms with Crippen LogP contribution in [0.4, 0.5) is 0 Å². The van der Waals surface area contributed by atoms with Gasteiger partial charge in [0.1, 0.15) is 0 Å². The standard InChI is InChI=1S/C17H18BrClN2/c18-15-9-8-14(10-16(15)19)17(21-20)13-6-4-12(5-7-13)11-2-1-3-11/h4-11,17,21H,1-3,20H2. The van der Waals surface area contributed by atoms with Crippen molar-refractivity contribution in [3.05, 3.63) is 68.7 Å². The first-order valence-corrected chi connectivity index (χ1v) is 8.37. The van der Waals surface area contributed by atoms with Crippen LogP contribution < -0.4 is 11.3 Å². The summed E-state index contributed by atoms with van der Waals surface area (Å²) in [7, 11) is 0. The summed E-state index contributed by atoms with van der Waals surface area (Å²) in [6, 6.07) is 14.6. The van der Waals surface area contributed by atoms with E-state index in [1.54, 1.807) is 0 Å². The summed E-state index contributed by atoms with van der Waals surface area (Å²) in [6.07, 6.45) is 4.00. The van der Waals surface area contributed by atoms with Gasteiger partial charge < -0.3 is 0 Å². The van der Waals surface area contributed by atoms with Crippen LogP contribution in [0.3, 0.4) is 0 Å². The summed E-state index contributed by atoms with van der Waals surface area (Å²) in [4.78, 5) is 0. The van der Waals surface area contributed by atoms with Crippen molar-refractivity contribution >= 4 is 27.5 Å². The Morgan fingerprint density at radius 3 is 2.29 bits per heavy atom. The van der Waals surface area contributed by atoms with Gasteiger partial charge in [-0.25, -0.2) is 5.43 Å². The van der Waals surface area contributed by atoms with Crippen molar-refractivity contribution in [3.63, 3.8) is 0 Å². The van der Waals surface area contributed by atoms with E-state index in [-0.39, 0.29) is 6.04 Å². The van der Waals surface area contributed by atoms with Crippen molar-refractivity contribution in [2.45, 2.75) is 31.2 Å². The molecule has 0 aliphatic heterocycles.